The number of rotatable bonds is 7. The fourth-order valence-electron chi connectivity index (χ4n) is 2.69. The number of nitro groups is 1. The molecule has 8 nitrogen and oxygen atoms in total. The van der Waals surface area contributed by atoms with Crippen LogP contribution in [0.4, 0.5) is 10.1 Å². The fraction of sp³-hybridized carbons (Fsp3) is 0.263. The highest BCUT2D eigenvalue weighted by Gasteiger charge is 2.20. The number of methoxy groups -OCH3 is 1. The molecule has 2 rings (SSSR count). The van der Waals surface area contributed by atoms with E-state index in [0.29, 0.717) is 5.56 Å². The first-order valence-corrected chi connectivity index (χ1v) is 8.30. The number of amides is 1. The number of carbonyl (C=O) groups excluding carboxylic acids is 2. The molecule has 0 aliphatic rings. The summed E-state index contributed by atoms with van der Waals surface area (Å²) in [5, 5.41) is 13.8. The molecule has 1 amide bonds. The molecule has 2 aromatic rings. The van der Waals surface area contributed by atoms with Crippen molar-refractivity contribution in [1.29, 1.82) is 0 Å². The molecule has 0 aromatic heterocycles. The Morgan fingerprint density at radius 2 is 1.89 bits per heavy atom. The molecule has 0 aliphatic carbocycles. The average Bonchev–Trinajstić information content (AvgIpc) is 2.66. The summed E-state index contributed by atoms with van der Waals surface area (Å²) in [5.41, 5.74) is 0.115. The van der Waals surface area contributed by atoms with Gasteiger partial charge in [0.15, 0.2) is 0 Å². The second-order valence-corrected chi connectivity index (χ2v) is 6.26. The Balaban J connectivity index is 2.24. The fourth-order valence-corrected chi connectivity index (χ4v) is 2.69. The van der Waals surface area contributed by atoms with Gasteiger partial charge in [0, 0.05) is 24.2 Å². The molecule has 0 saturated carbocycles. The highest BCUT2D eigenvalue weighted by Crippen LogP contribution is 2.20. The molecule has 148 valence electrons. The molecule has 0 aliphatic heterocycles. The van der Waals surface area contributed by atoms with Gasteiger partial charge in [-0.15, -0.1) is 0 Å². The summed E-state index contributed by atoms with van der Waals surface area (Å²) in [5.74, 6) is -1.78. The van der Waals surface area contributed by atoms with Crippen LogP contribution in [0.1, 0.15) is 32.3 Å². The van der Waals surface area contributed by atoms with E-state index < -0.39 is 28.3 Å². The minimum atomic E-state index is -0.788. The zero-order valence-corrected chi connectivity index (χ0v) is 15.6. The van der Waals surface area contributed by atoms with Crippen LogP contribution in [0.5, 0.6) is 0 Å². The van der Waals surface area contributed by atoms with Crippen LogP contribution in [-0.2, 0) is 4.74 Å². The number of likely N-dealkylation sites (N-methyl/N-ethyl adjacent to an activating group) is 1. The summed E-state index contributed by atoms with van der Waals surface area (Å²) in [6.45, 7) is 0.130. The van der Waals surface area contributed by atoms with E-state index in [1.807, 2.05) is 4.90 Å². The number of nitro benzene ring substituents is 1. The lowest BCUT2D eigenvalue weighted by Crippen LogP contribution is -2.34. The summed E-state index contributed by atoms with van der Waals surface area (Å²) in [7, 11) is 4.70. The Morgan fingerprint density at radius 3 is 2.46 bits per heavy atom. The van der Waals surface area contributed by atoms with Crippen molar-refractivity contribution in [3.63, 3.8) is 0 Å². The van der Waals surface area contributed by atoms with E-state index in [4.69, 9.17) is 0 Å². The van der Waals surface area contributed by atoms with Crippen LogP contribution in [0.3, 0.4) is 0 Å². The number of nitrogens with one attached hydrogen (secondary N) is 1. The highest BCUT2D eigenvalue weighted by atomic mass is 19.1. The van der Waals surface area contributed by atoms with E-state index >= 15 is 0 Å². The molecule has 1 unspecified atom stereocenters. The number of non-ortho nitro benzene ring substituents is 1. The highest BCUT2D eigenvalue weighted by molar-refractivity contribution is 5.99. The summed E-state index contributed by atoms with van der Waals surface area (Å²) < 4.78 is 18.1. The maximum Gasteiger partial charge on any atom is 0.338 e. The van der Waals surface area contributed by atoms with Gasteiger partial charge in [-0.3, -0.25) is 14.9 Å². The lowest BCUT2D eigenvalue weighted by atomic mass is 10.0. The van der Waals surface area contributed by atoms with Gasteiger partial charge in [0.25, 0.3) is 11.6 Å². The van der Waals surface area contributed by atoms with Crippen molar-refractivity contribution in [3.8, 4) is 0 Å². The van der Waals surface area contributed by atoms with Crippen LogP contribution in [0.2, 0.25) is 0 Å². The quantitative estimate of drug-likeness (QED) is 0.444. The van der Waals surface area contributed by atoms with Gasteiger partial charge in [0.2, 0.25) is 0 Å². The number of hydrogen-bond acceptors (Lipinski definition) is 6. The standard InChI is InChI=1S/C19H20FN3O5/c1-22(2)17(12-5-4-6-15(20)8-12)11-21-18(24)13-7-14(19(25)28-3)10-16(9-13)23(26)27/h4-10,17H,11H2,1-3H3,(H,21,24). The molecule has 9 heteroatoms. The number of esters is 1. The lowest BCUT2D eigenvalue weighted by molar-refractivity contribution is -0.384. The number of ether oxygens (including phenoxy) is 1. The van der Waals surface area contributed by atoms with Gasteiger partial charge in [-0.2, -0.15) is 0 Å². The predicted molar refractivity (Wildman–Crippen MR) is 99.6 cm³/mol. The molecule has 0 heterocycles. The first-order valence-electron chi connectivity index (χ1n) is 8.30. The monoisotopic (exact) mass is 389 g/mol. The number of hydrogen-bond donors (Lipinski definition) is 1. The Labute approximate surface area is 161 Å². The molecule has 2 aromatic carbocycles. The Kier molecular flexibility index (Phi) is 6.78. The van der Waals surface area contributed by atoms with Gasteiger partial charge in [0.05, 0.1) is 23.6 Å². The summed E-state index contributed by atoms with van der Waals surface area (Å²) in [6.07, 6.45) is 0. The predicted octanol–water partition coefficient (Wildman–Crippen LogP) is 2.55. The minimum absolute atomic E-state index is 0.0497. The van der Waals surface area contributed by atoms with Crippen molar-refractivity contribution in [2.24, 2.45) is 0 Å². The van der Waals surface area contributed by atoms with Crippen LogP contribution in [0.15, 0.2) is 42.5 Å². The molecule has 0 bridgehead atoms. The minimum Gasteiger partial charge on any atom is -0.465 e. The van der Waals surface area contributed by atoms with Crippen molar-refractivity contribution in [2.45, 2.75) is 6.04 Å². The van der Waals surface area contributed by atoms with Crippen molar-refractivity contribution >= 4 is 17.6 Å². The molecule has 0 saturated heterocycles. The van der Waals surface area contributed by atoms with Gasteiger partial charge in [-0.25, -0.2) is 9.18 Å². The number of nitrogens with zero attached hydrogens (tertiary/aromatic N) is 2. The van der Waals surface area contributed by atoms with Gasteiger partial charge < -0.3 is 15.0 Å². The molecule has 0 radical (unpaired) electrons. The van der Waals surface area contributed by atoms with E-state index in [1.165, 1.54) is 18.2 Å². The van der Waals surface area contributed by atoms with Crippen LogP contribution in [0, 0.1) is 15.9 Å². The molecule has 1 atom stereocenters. The van der Waals surface area contributed by atoms with Crippen molar-refractivity contribution in [3.05, 3.63) is 75.1 Å². The van der Waals surface area contributed by atoms with Crippen LogP contribution in [0.25, 0.3) is 0 Å². The number of benzene rings is 2. The topological polar surface area (TPSA) is 102 Å². The Morgan fingerprint density at radius 1 is 1.21 bits per heavy atom. The van der Waals surface area contributed by atoms with Crippen LogP contribution in [-0.4, -0.2) is 49.4 Å². The van der Waals surface area contributed by atoms with Gasteiger partial charge >= 0.3 is 5.97 Å². The van der Waals surface area contributed by atoms with Crippen LogP contribution >= 0.6 is 0 Å². The summed E-state index contributed by atoms with van der Waals surface area (Å²) in [4.78, 5) is 36.4. The third kappa shape index (κ3) is 5.10. The SMILES string of the molecule is COC(=O)c1cc(C(=O)NCC(c2cccc(F)c2)N(C)C)cc([N+](=O)[O-])c1. The maximum absolute atomic E-state index is 13.5. The summed E-state index contributed by atoms with van der Waals surface area (Å²) >= 11 is 0. The summed E-state index contributed by atoms with van der Waals surface area (Å²) in [6, 6.07) is 9.03. The zero-order valence-electron chi connectivity index (χ0n) is 15.6. The largest absolute Gasteiger partial charge is 0.465 e. The molecule has 0 fully saturated rings. The third-order valence-corrected chi connectivity index (χ3v) is 4.12. The van der Waals surface area contributed by atoms with E-state index in [9.17, 15) is 24.1 Å². The van der Waals surface area contributed by atoms with E-state index in [0.717, 1.165) is 19.2 Å². The van der Waals surface area contributed by atoms with Crippen LogP contribution < -0.4 is 5.32 Å². The molecular weight excluding hydrogens is 369 g/mol. The number of halogens is 1. The first kappa shape index (κ1) is 21.0. The second kappa shape index (κ2) is 9.05. The van der Waals surface area contributed by atoms with Gasteiger partial charge in [-0.1, -0.05) is 12.1 Å². The smallest absolute Gasteiger partial charge is 0.338 e. The molecule has 1 N–H and O–H groups in total. The van der Waals surface area contributed by atoms with Crippen molar-refractivity contribution in [2.75, 3.05) is 27.7 Å². The van der Waals surface area contributed by atoms with Gasteiger partial charge in [0.1, 0.15) is 5.82 Å². The number of carbonyl (C=O) groups is 2. The van der Waals surface area contributed by atoms with E-state index in [-0.39, 0.29) is 23.7 Å². The Hall–Kier alpha value is -3.33. The lowest BCUT2D eigenvalue weighted by Gasteiger charge is -2.25. The van der Waals surface area contributed by atoms with E-state index in [2.05, 4.69) is 10.1 Å². The van der Waals surface area contributed by atoms with Crippen molar-refractivity contribution < 1.29 is 23.6 Å². The first-order chi connectivity index (χ1) is 13.2. The molecular formula is C19H20FN3O5. The second-order valence-electron chi connectivity index (χ2n) is 6.26. The zero-order chi connectivity index (χ0) is 20.8. The van der Waals surface area contributed by atoms with Gasteiger partial charge in [-0.05, 0) is 37.9 Å². The van der Waals surface area contributed by atoms with Crippen molar-refractivity contribution in [1.82, 2.24) is 10.2 Å². The molecule has 28 heavy (non-hydrogen) atoms. The van der Waals surface area contributed by atoms with E-state index in [1.54, 1.807) is 26.2 Å². The third-order valence-electron chi connectivity index (χ3n) is 4.12. The average molecular weight is 389 g/mol. The molecule has 0 spiro atoms. The normalized spacial score (nSPS) is 11.8. The maximum atomic E-state index is 13.5. The Bertz CT molecular complexity index is 901.